The molecule has 0 unspecified atom stereocenters. The van der Waals surface area contributed by atoms with E-state index in [-0.39, 0.29) is 11.5 Å². The van der Waals surface area contributed by atoms with E-state index < -0.39 is 0 Å². The van der Waals surface area contributed by atoms with Crippen molar-refractivity contribution in [2.75, 3.05) is 6.54 Å². The van der Waals surface area contributed by atoms with E-state index in [0.717, 1.165) is 36.1 Å². The van der Waals surface area contributed by atoms with Crippen LogP contribution in [0.4, 0.5) is 0 Å². The largest absolute Gasteiger partial charge is 0.323 e. The van der Waals surface area contributed by atoms with Crippen LogP contribution >= 0.6 is 0 Å². The van der Waals surface area contributed by atoms with E-state index >= 15 is 0 Å². The van der Waals surface area contributed by atoms with Crippen molar-refractivity contribution in [3.63, 3.8) is 0 Å². The number of aromatic nitrogens is 2. The molecular weight excluding hydrogens is 230 g/mol. The molecule has 0 atom stereocenters. The number of H-pyrrole nitrogens is 2. The number of rotatable bonds is 6. The summed E-state index contributed by atoms with van der Waals surface area (Å²) in [5, 5.41) is 3.27. The fourth-order valence-electron chi connectivity index (χ4n) is 1.88. The third-order valence-electron chi connectivity index (χ3n) is 2.79. The van der Waals surface area contributed by atoms with Gasteiger partial charge >= 0.3 is 5.69 Å². The van der Waals surface area contributed by atoms with Crippen LogP contribution in [0.3, 0.4) is 0 Å². The molecule has 5 heteroatoms. The van der Waals surface area contributed by atoms with Gasteiger partial charge in [0.25, 0.3) is 0 Å². The van der Waals surface area contributed by atoms with E-state index in [1.807, 2.05) is 18.2 Å². The van der Waals surface area contributed by atoms with Gasteiger partial charge in [-0.05, 0) is 37.6 Å². The fourth-order valence-corrected chi connectivity index (χ4v) is 1.88. The summed E-state index contributed by atoms with van der Waals surface area (Å²) in [5.74, 6) is 0.225. The lowest BCUT2D eigenvalue weighted by Crippen LogP contribution is -2.15. The first-order valence-electron chi connectivity index (χ1n) is 6.06. The number of ketones is 1. The van der Waals surface area contributed by atoms with Crippen molar-refractivity contribution in [2.24, 2.45) is 0 Å². The molecule has 18 heavy (non-hydrogen) atoms. The predicted octanol–water partition coefficient (Wildman–Crippen LogP) is 1.31. The van der Waals surface area contributed by atoms with E-state index in [1.54, 1.807) is 6.92 Å². The highest BCUT2D eigenvalue weighted by molar-refractivity contribution is 5.75. The van der Waals surface area contributed by atoms with Gasteiger partial charge in [-0.15, -0.1) is 0 Å². The lowest BCUT2D eigenvalue weighted by Gasteiger charge is -2.04. The summed E-state index contributed by atoms with van der Waals surface area (Å²) >= 11 is 0. The number of benzene rings is 1. The first-order chi connectivity index (χ1) is 8.65. The minimum atomic E-state index is -0.184. The van der Waals surface area contributed by atoms with Gasteiger partial charge in [-0.3, -0.25) is 0 Å². The fraction of sp³-hybridized carbons (Fsp3) is 0.385. The van der Waals surface area contributed by atoms with Crippen LogP contribution in [0.25, 0.3) is 11.0 Å². The number of imidazole rings is 1. The number of hydrogen-bond donors (Lipinski definition) is 3. The van der Waals surface area contributed by atoms with Gasteiger partial charge in [-0.2, -0.15) is 0 Å². The number of hydrogen-bond acceptors (Lipinski definition) is 3. The van der Waals surface area contributed by atoms with Crippen LogP contribution in [0, 0.1) is 0 Å². The van der Waals surface area contributed by atoms with Gasteiger partial charge in [0.05, 0.1) is 11.0 Å². The molecule has 0 saturated heterocycles. The maximum Gasteiger partial charge on any atom is 0.323 e. The zero-order valence-corrected chi connectivity index (χ0v) is 10.4. The Balaban J connectivity index is 1.87. The van der Waals surface area contributed by atoms with Crippen molar-refractivity contribution in [2.45, 2.75) is 26.3 Å². The van der Waals surface area contributed by atoms with Gasteiger partial charge in [0.1, 0.15) is 5.78 Å². The number of carbonyl (C=O) groups is 1. The lowest BCUT2D eigenvalue weighted by atomic mass is 10.2. The van der Waals surface area contributed by atoms with Crippen molar-refractivity contribution in [1.82, 2.24) is 15.3 Å². The maximum atomic E-state index is 11.1. The number of fused-ring (bicyclic) bond motifs is 1. The van der Waals surface area contributed by atoms with Crippen LogP contribution in [-0.4, -0.2) is 22.3 Å². The molecule has 3 N–H and O–H groups in total. The number of nitrogens with one attached hydrogen (secondary N) is 3. The minimum absolute atomic E-state index is 0.184. The van der Waals surface area contributed by atoms with Crippen molar-refractivity contribution < 1.29 is 4.79 Å². The molecule has 0 amide bonds. The van der Waals surface area contributed by atoms with Crippen molar-refractivity contribution in [1.29, 1.82) is 0 Å². The van der Waals surface area contributed by atoms with Gasteiger partial charge in [0.15, 0.2) is 0 Å². The Kier molecular flexibility index (Phi) is 3.94. The maximum absolute atomic E-state index is 11.1. The summed E-state index contributed by atoms with van der Waals surface area (Å²) in [6.45, 7) is 3.17. The molecule has 0 aliphatic heterocycles. The molecular formula is C13H17N3O2. The molecule has 0 bridgehead atoms. The van der Waals surface area contributed by atoms with Crippen LogP contribution in [0.5, 0.6) is 0 Å². The van der Waals surface area contributed by atoms with E-state index in [0.29, 0.717) is 6.42 Å². The Morgan fingerprint density at radius 3 is 2.83 bits per heavy atom. The number of carbonyl (C=O) groups excluding carboxylic acids is 1. The van der Waals surface area contributed by atoms with Crippen LogP contribution in [-0.2, 0) is 11.3 Å². The zero-order valence-electron chi connectivity index (χ0n) is 10.4. The standard InChI is InChI=1S/C13H17N3O2/c1-9(17)3-2-6-14-8-10-4-5-11-12(7-10)16-13(18)15-11/h4-5,7,14H,2-3,6,8H2,1H3,(H2,15,16,18). The minimum Gasteiger partial charge on any atom is -0.313 e. The van der Waals surface area contributed by atoms with Crippen LogP contribution < -0.4 is 11.0 Å². The van der Waals surface area contributed by atoms with Gasteiger partial charge in [-0.1, -0.05) is 6.07 Å². The SMILES string of the molecule is CC(=O)CCCNCc1ccc2[nH]c(=O)[nH]c2c1. The molecule has 1 aromatic heterocycles. The number of Topliss-reactive ketones (excluding diaryl/α,β-unsaturated/α-hetero) is 1. The predicted molar refractivity (Wildman–Crippen MR) is 70.5 cm³/mol. The van der Waals surface area contributed by atoms with Crippen LogP contribution in [0.15, 0.2) is 23.0 Å². The summed E-state index contributed by atoms with van der Waals surface area (Å²) in [7, 11) is 0. The number of aromatic amines is 2. The van der Waals surface area contributed by atoms with Crippen molar-refractivity contribution >= 4 is 16.8 Å². The molecule has 5 nitrogen and oxygen atoms in total. The molecule has 1 aromatic carbocycles. The highest BCUT2D eigenvalue weighted by atomic mass is 16.1. The Hall–Kier alpha value is -1.88. The Morgan fingerprint density at radius 2 is 2.06 bits per heavy atom. The molecule has 0 spiro atoms. The molecule has 0 aliphatic rings. The lowest BCUT2D eigenvalue weighted by molar-refractivity contribution is -0.117. The molecule has 0 fully saturated rings. The molecule has 2 aromatic rings. The first kappa shape index (κ1) is 12.6. The highest BCUT2D eigenvalue weighted by Gasteiger charge is 2.00. The molecule has 1 heterocycles. The Bertz CT molecular complexity index is 598. The summed E-state index contributed by atoms with van der Waals surface area (Å²) in [4.78, 5) is 27.3. The zero-order chi connectivity index (χ0) is 13.0. The van der Waals surface area contributed by atoms with Crippen LogP contribution in [0.2, 0.25) is 0 Å². The van der Waals surface area contributed by atoms with Gasteiger partial charge in [0.2, 0.25) is 0 Å². The quantitative estimate of drug-likeness (QED) is 0.674. The van der Waals surface area contributed by atoms with Gasteiger partial charge in [0, 0.05) is 13.0 Å². The Morgan fingerprint density at radius 1 is 1.28 bits per heavy atom. The summed E-state index contributed by atoms with van der Waals surface area (Å²) in [6, 6.07) is 5.81. The molecule has 0 radical (unpaired) electrons. The average Bonchev–Trinajstić information content (AvgIpc) is 2.67. The van der Waals surface area contributed by atoms with E-state index in [9.17, 15) is 9.59 Å². The second kappa shape index (κ2) is 5.64. The topological polar surface area (TPSA) is 77.8 Å². The second-order valence-corrected chi connectivity index (χ2v) is 4.44. The van der Waals surface area contributed by atoms with E-state index in [4.69, 9.17) is 0 Å². The van der Waals surface area contributed by atoms with Crippen molar-refractivity contribution in [3.05, 3.63) is 34.2 Å². The Labute approximate surface area is 105 Å². The molecule has 96 valence electrons. The average molecular weight is 247 g/mol. The summed E-state index contributed by atoms with van der Waals surface area (Å²) in [5.41, 5.74) is 2.57. The van der Waals surface area contributed by atoms with E-state index in [2.05, 4.69) is 15.3 Å². The third-order valence-corrected chi connectivity index (χ3v) is 2.79. The van der Waals surface area contributed by atoms with Gasteiger partial charge < -0.3 is 20.1 Å². The highest BCUT2D eigenvalue weighted by Crippen LogP contribution is 2.09. The first-order valence-corrected chi connectivity index (χ1v) is 6.06. The molecule has 2 rings (SSSR count). The second-order valence-electron chi connectivity index (χ2n) is 4.44. The molecule has 0 aliphatic carbocycles. The third kappa shape index (κ3) is 3.30. The van der Waals surface area contributed by atoms with Crippen molar-refractivity contribution in [3.8, 4) is 0 Å². The smallest absolute Gasteiger partial charge is 0.313 e. The van der Waals surface area contributed by atoms with E-state index in [1.165, 1.54) is 0 Å². The van der Waals surface area contributed by atoms with Gasteiger partial charge in [-0.25, -0.2) is 4.79 Å². The monoisotopic (exact) mass is 247 g/mol. The van der Waals surface area contributed by atoms with Crippen LogP contribution in [0.1, 0.15) is 25.3 Å². The summed E-state index contributed by atoms with van der Waals surface area (Å²) in [6.07, 6.45) is 1.48. The summed E-state index contributed by atoms with van der Waals surface area (Å²) < 4.78 is 0. The molecule has 0 saturated carbocycles. The normalized spacial score (nSPS) is 10.9.